The lowest BCUT2D eigenvalue weighted by Gasteiger charge is -2.22. The van der Waals surface area contributed by atoms with Gasteiger partial charge >= 0.3 is 0 Å². The van der Waals surface area contributed by atoms with Crippen molar-refractivity contribution in [2.45, 2.75) is 57.3 Å². The first-order chi connectivity index (χ1) is 14.6. The van der Waals surface area contributed by atoms with E-state index in [9.17, 15) is 9.90 Å². The van der Waals surface area contributed by atoms with Gasteiger partial charge in [0.1, 0.15) is 12.5 Å². The number of hydroxylamine groups is 2. The van der Waals surface area contributed by atoms with E-state index in [4.69, 9.17) is 23.8 Å². The molecule has 0 aliphatic rings. The van der Waals surface area contributed by atoms with Gasteiger partial charge in [0, 0.05) is 28.1 Å². The number of benzene rings is 1. The molecule has 0 heterocycles. The average molecular weight is 458 g/mol. The van der Waals surface area contributed by atoms with Crippen molar-refractivity contribution < 1.29 is 33.7 Å². The summed E-state index contributed by atoms with van der Waals surface area (Å²) in [5, 5.41) is 11.4. The minimum atomic E-state index is -1.14. The van der Waals surface area contributed by atoms with Crippen molar-refractivity contribution >= 4 is 14.0 Å². The third-order valence-electron chi connectivity index (χ3n) is 4.68. The van der Waals surface area contributed by atoms with E-state index in [1.54, 1.807) is 7.11 Å². The molecular formula is C22H39NO7Si. The first kappa shape index (κ1) is 27.5. The van der Waals surface area contributed by atoms with Crippen LogP contribution in [0.2, 0.25) is 25.7 Å². The van der Waals surface area contributed by atoms with Gasteiger partial charge in [-0.1, -0.05) is 31.8 Å². The van der Waals surface area contributed by atoms with Crippen LogP contribution in [0.1, 0.15) is 18.4 Å². The highest BCUT2D eigenvalue weighted by Gasteiger charge is 2.21. The number of amides is 1. The first-order valence-corrected chi connectivity index (χ1v) is 14.2. The van der Waals surface area contributed by atoms with Gasteiger partial charge in [-0.2, -0.15) is 0 Å². The molecule has 31 heavy (non-hydrogen) atoms. The molecule has 0 aromatic heterocycles. The van der Waals surface area contributed by atoms with Gasteiger partial charge < -0.3 is 24.1 Å². The fraction of sp³-hybridized carbons (Fsp3) is 0.682. The highest BCUT2D eigenvalue weighted by Crippen LogP contribution is 2.15. The molecule has 0 bridgehead atoms. The van der Waals surface area contributed by atoms with Crippen molar-refractivity contribution in [3.8, 4) is 5.75 Å². The van der Waals surface area contributed by atoms with Crippen molar-refractivity contribution in [3.05, 3.63) is 29.8 Å². The Kier molecular flexibility index (Phi) is 12.9. The fourth-order valence-electron chi connectivity index (χ4n) is 2.61. The Balaban J connectivity index is 2.53. The summed E-state index contributed by atoms with van der Waals surface area (Å²) < 4.78 is 22.3. The molecule has 0 fully saturated rings. The molecule has 1 amide bonds. The zero-order chi connectivity index (χ0) is 23.3. The van der Waals surface area contributed by atoms with Crippen LogP contribution in [0.5, 0.6) is 5.75 Å². The molecule has 0 unspecified atom stereocenters. The summed E-state index contributed by atoms with van der Waals surface area (Å²) in [6.07, 6.45) is -1.06. The molecule has 1 aromatic rings. The van der Waals surface area contributed by atoms with Crippen LogP contribution >= 0.6 is 0 Å². The Hall–Kier alpha value is -1.49. The monoisotopic (exact) mass is 457 g/mol. The van der Waals surface area contributed by atoms with Crippen molar-refractivity contribution in [3.63, 3.8) is 0 Å². The second kappa shape index (κ2) is 14.5. The molecule has 1 aromatic carbocycles. The summed E-state index contributed by atoms with van der Waals surface area (Å²) in [6.45, 7) is 8.35. The predicted molar refractivity (Wildman–Crippen MR) is 122 cm³/mol. The van der Waals surface area contributed by atoms with Crippen LogP contribution in [0.15, 0.2) is 24.3 Å². The van der Waals surface area contributed by atoms with Gasteiger partial charge in [-0.05, 0) is 23.7 Å². The average Bonchev–Trinajstić information content (AvgIpc) is 2.72. The standard InChI is InChI=1S/C22H39NO7Si/c1-23(27-3)22(25)14-19(24)13-21(16-29-17-28-11-12-31(4,5)6)30-15-18-7-9-20(26-2)10-8-18/h7-10,19,21,24H,11-17H2,1-6H3/t19-,21+/m0/s1. The van der Waals surface area contributed by atoms with Gasteiger partial charge in [0.2, 0.25) is 5.91 Å². The minimum Gasteiger partial charge on any atom is -0.497 e. The number of carbonyl (C=O) groups is 1. The molecule has 8 nitrogen and oxygen atoms in total. The van der Waals surface area contributed by atoms with Gasteiger partial charge in [-0.15, -0.1) is 0 Å². The van der Waals surface area contributed by atoms with Crippen LogP contribution in [0.4, 0.5) is 0 Å². The van der Waals surface area contributed by atoms with Gasteiger partial charge in [0.25, 0.3) is 0 Å². The van der Waals surface area contributed by atoms with Crippen molar-refractivity contribution in [1.29, 1.82) is 0 Å². The molecular weight excluding hydrogens is 418 g/mol. The second-order valence-electron chi connectivity index (χ2n) is 8.66. The summed E-state index contributed by atoms with van der Waals surface area (Å²) in [5.74, 6) is 0.467. The van der Waals surface area contributed by atoms with E-state index in [1.807, 2.05) is 24.3 Å². The molecule has 9 heteroatoms. The number of hydrogen-bond donors (Lipinski definition) is 1. The fourth-order valence-corrected chi connectivity index (χ4v) is 3.37. The molecule has 1 N–H and O–H groups in total. The molecule has 0 aliphatic carbocycles. The van der Waals surface area contributed by atoms with Crippen LogP contribution < -0.4 is 4.74 Å². The maximum atomic E-state index is 12.0. The Morgan fingerprint density at radius 3 is 2.39 bits per heavy atom. The highest BCUT2D eigenvalue weighted by molar-refractivity contribution is 6.76. The lowest BCUT2D eigenvalue weighted by molar-refractivity contribution is -0.171. The number of ether oxygens (including phenoxy) is 4. The largest absolute Gasteiger partial charge is 0.497 e. The van der Waals surface area contributed by atoms with Gasteiger partial charge in [0.15, 0.2) is 0 Å². The number of methoxy groups -OCH3 is 1. The van der Waals surface area contributed by atoms with E-state index in [1.165, 1.54) is 14.2 Å². The SMILES string of the molecule is COc1ccc(CO[C@@H](COCOCC[Si](C)(C)C)C[C@H](O)CC(=O)N(C)OC)cc1. The lowest BCUT2D eigenvalue weighted by atomic mass is 10.1. The van der Waals surface area contributed by atoms with E-state index in [0.29, 0.717) is 13.2 Å². The highest BCUT2D eigenvalue weighted by atomic mass is 28.3. The Labute approximate surface area is 187 Å². The minimum absolute atomic E-state index is 0.0561. The van der Waals surface area contributed by atoms with Gasteiger partial charge in [-0.25, -0.2) is 5.06 Å². The smallest absolute Gasteiger partial charge is 0.248 e. The van der Waals surface area contributed by atoms with Gasteiger partial charge in [-0.3, -0.25) is 9.63 Å². The van der Waals surface area contributed by atoms with Crippen LogP contribution in [0, 0.1) is 0 Å². The summed E-state index contributed by atoms with van der Waals surface area (Å²) in [7, 11) is 3.39. The van der Waals surface area contributed by atoms with Crippen LogP contribution in [-0.2, 0) is 30.4 Å². The normalized spacial score (nSPS) is 13.6. The maximum Gasteiger partial charge on any atom is 0.248 e. The molecule has 0 spiro atoms. The van der Waals surface area contributed by atoms with Crippen LogP contribution in [0.25, 0.3) is 0 Å². The quantitative estimate of drug-likeness (QED) is 0.177. The van der Waals surface area contributed by atoms with E-state index < -0.39 is 20.3 Å². The molecule has 1 rings (SSSR count). The summed E-state index contributed by atoms with van der Waals surface area (Å²) >= 11 is 0. The number of aliphatic hydroxyl groups is 1. The number of nitrogens with zero attached hydrogens (tertiary/aromatic N) is 1. The van der Waals surface area contributed by atoms with Crippen molar-refractivity contribution in [2.75, 3.05) is 41.3 Å². The predicted octanol–water partition coefficient (Wildman–Crippen LogP) is 3.07. The topological polar surface area (TPSA) is 86.7 Å². The number of rotatable bonds is 16. The molecule has 178 valence electrons. The summed E-state index contributed by atoms with van der Waals surface area (Å²) in [4.78, 5) is 16.8. The molecule has 0 radical (unpaired) electrons. The lowest BCUT2D eigenvalue weighted by Crippen LogP contribution is -2.32. The third kappa shape index (κ3) is 12.8. The van der Waals surface area contributed by atoms with Crippen molar-refractivity contribution in [1.82, 2.24) is 5.06 Å². The zero-order valence-corrected chi connectivity index (χ0v) is 20.8. The number of hydrogen-bond acceptors (Lipinski definition) is 7. The maximum absolute atomic E-state index is 12.0. The second-order valence-corrected chi connectivity index (χ2v) is 14.3. The van der Waals surface area contributed by atoms with E-state index >= 15 is 0 Å². The van der Waals surface area contributed by atoms with Crippen molar-refractivity contribution in [2.24, 2.45) is 0 Å². The van der Waals surface area contributed by atoms with Crippen LogP contribution in [0.3, 0.4) is 0 Å². The third-order valence-corrected chi connectivity index (χ3v) is 6.39. The first-order valence-electron chi connectivity index (χ1n) is 10.5. The Morgan fingerprint density at radius 1 is 1.13 bits per heavy atom. The van der Waals surface area contributed by atoms with Crippen LogP contribution in [-0.4, -0.2) is 77.6 Å². The molecule has 2 atom stereocenters. The summed E-state index contributed by atoms with van der Waals surface area (Å²) in [5.41, 5.74) is 0.974. The van der Waals surface area contributed by atoms with E-state index in [2.05, 4.69) is 19.6 Å². The molecule has 0 saturated carbocycles. The Morgan fingerprint density at radius 2 is 1.81 bits per heavy atom. The molecule has 0 saturated heterocycles. The van der Waals surface area contributed by atoms with E-state index in [0.717, 1.165) is 22.4 Å². The van der Waals surface area contributed by atoms with E-state index in [-0.39, 0.29) is 32.1 Å². The Bertz CT molecular complexity index is 621. The number of aliphatic hydroxyl groups excluding tert-OH is 1. The number of carbonyl (C=O) groups excluding carboxylic acids is 1. The molecule has 0 aliphatic heterocycles. The van der Waals surface area contributed by atoms with Gasteiger partial charge in [0.05, 0.1) is 46.1 Å². The zero-order valence-electron chi connectivity index (χ0n) is 19.8. The summed E-state index contributed by atoms with van der Waals surface area (Å²) in [6, 6.07) is 8.64.